The highest BCUT2D eigenvalue weighted by molar-refractivity contribution is 7.89. The maximum atomic E-state index is 12.8. The number of carbonyl (C=O) groups is 1. The summed E-state index contributed by atoms with van der Waals surface area (Å²) in [5.74, 6) is 0.354. The van der Waals surface area contributed by atoms with Crippen molar-refractivity contribution in [1.82, 2.24) is 29.6 Å². The van der Waals surface area contributed by atoms with Crippen LogP contribution in [0.1, 0.15) is 40.7 Å². The summed E-state index contributed by atoms with van der Waals surface area (Å²) in [6.07, 6.45) is 6.61. The SMILES string of the molecule is Cc1cc(C)c(C)c(S(=O)(=O)NCCC(=O)NCCCc2cnc3ncnn3c2)c1C. The smallest absolute Gasteiger partial charge is 0.252 e. The molecule has 10 heteroatoms. The van der Waals surface area contributed by atoms with Crippen molar-refractivity contribution in [2.45, 2.75) is 51.9 Å². The molecule has 1 aromatic carbocycles. The molecule has 0 unspecified atom stereocenters. The van der Waals surface area contributed by atoms with Crippen LogP contribution in [0.3, 0.4) is 0 Å². The lowest BCUT2D eigenvalue weighted by Gasteiger charge is -2.16. The van der Waals surface area contributed by atoms with Gasteiger partial charge in [0, 0.05) is 31.9 Å². The van der Waals surface area contributed by atoms with Crippen LogP contribution in [0.15, 0.2) is 29.7 Å². The number of rotatable bonds is 9. The van der Waals surface area contributed by atoms with Crippen LogP contribution in [0.25, 0.3) is 5.78 Å². The average Bonchev–Trinajstić information content (AvgIpc) is 3.17. The Morgan fingerprint density at radius 1 is 1.06 bits per heavy atom. The van der Waals surface area contributed by atoms with Crippen LogP contribution in [-0.2, 0) is 21.2 Å². The Labute approximate surface area is 182 Å². The van der Waals surface area contributed by atoms with E-state index in [2.05, 4.69) is 25.1 Å². The molecule has 31 heavy (non-hydrogen) atoms. The molecule has 0 aliphatic carbocycles. The first kappa shape index (κ1) is 22.8. The molecule has 0 fully saturated rings. The van der Waals surface area contributed by atoms with Crippen molar-refractivity contribution >= 4 is 21.7 Å². The molecule has 3 rings (SSSR count). The lowest BCUT2D eigenvalue weighted by Crippen LogP contribution is -2.32. The zero-order valence-corrected chi connectivity index (χ0v) is 19.1. The Morgan fingerprint density at radius 2 is 1.77 bits per heavy atom. The van der Waals surface area contributed by atoms with Gasteiger partial charge in [0.25, 0.3) is 5.78 Å². The second-order valence-corrected chi connectivity index (χ2v) is 9.36. The molecule has 9 nitrogen and oxygen atoms in total. The van der Waals surface area contributed by atoms with E-state index in [1.54, 1.807) is 24.6 Å². The van der Waals surface area contributed by atoms with Gasteiger partial charge in [-0.25, -0.2) is 22.6 Å². The number of amides is 1. The largest absolute Gasteiger partial charge is 0.356 e. The lowest BCUT2D eigenvalue weighted by atomic mass is 10.0. The number of sulfonamides is 1. The molecule has 2 heterocycles. The maximum Gasteiger partial charge on any atom is 0.252 e. The molecule has 0 aliphatic heterocycles. The van der Waals surface area contributed by atoms with Gasteiger partial charge >= 0.3 is 0 Å². The van der Waals surface area contributed by atoms with Crippen molar-refractivity contribution in [3.05, 3.63) is 52.6 Å². The summed E-state index contributed by atoms with van der Waals surface area (Å²) in [7, 11) is -3.69. The molecular weight excluding hydrogens is 416 g/mol. The highest BCUT2D eigenvalue weighted by Crippen LogP contribution is 2.25. The summed E-state index contributed by atoms with van der Waals surface area (Å²) in [4.78, 5) is 20.6. The fourth-order valence-corrected chi connectivity index (χ4v) is 5.09. The Kier molecular flexibility index (Phi) is 7.01. The number of nitrogens with zero attached hydrogens (tertiary/aromatic N) is 4. The Hall–Kier alpha value is -2.85. The van der Waals surface area contributed by atoms with E-state index in [1.807, 2.05) is 26.1 Å². The number of hydrogen-bond acceptors (Lipinski definition) is 6. The molecule has 0 bridgehead atoms. The first-order valence-corrected chi connectivity index (χ1v) is 11.7. The van der Waals surface area contributed by atoms with E-state index < -0.39 is 10.0 Å². The number of nitrogens with one attached hydrogen (secondary N) is 2. The fourth-order valence-electron chi connectivity index (χ4n) is 3.45. The van der Waals surface area contributed by atoms with E-state index in [1.165, 1.54) is 6.33 Å². The Bertz CT molecular complexity index is 1180. The van der Waals surface area contributed by atoms with Crippen molar-refractivity contribution in [3.63, 3.8) is 0 Å². The van der Waals surface area contributed by atoms with Crippen molar-refractivity contribution in [3.8, 4) is 0 Å². The standard InChI is InChI=1S/C21H28N6O3S/c1-14-10-15(2)17(4)20(16(14)3)31(29,30)26-9-7-19(28)22-8-5-6-18-11-23-21-24-13-25-27(21)12-18/h10-13,26H,5-9H2,1-4H3,(H,22,28). The monoisotopic (exact) mass is 444 g/mol. The third-order valence-electron chi connectivity index (χ3n) is 5.36. The van der Waals surface area contributed by atoms with Crippen molar-refractivity contribution < 1.29 is 13.2 Å². The number of aromatic nitrogens is 4. The molecule has 166 valence electrons. The first-order chi connectivity index (χ1) is 14.7. The molecule has 0 radical (unpaired) electrons. The normalized spacial score (nSPS) is 11.7. The summed E-state index contributed by atoms with van der Waals surface area (Å²) in [6.45, 7) is 7.95. The van der Waals surface area contributed by atoms with Crippen LogP contribution in [0.2, 0.25) is 0 Å². The second-order valence-electron chi connectivity index (χ2n) is 7.66. The van der Waals surface area contributed by atoms with Gasteiger partial charge in [-0.1, -0.05) is 6.07 Å². The predicted molar refractivity (Wildman–Crippen MR) is 117 cm³/mol. The molecule has 0 saturated heterocycles. The maximum absolute atomic E-state index is 12.8. The number of fused-ring (bicyclic) bond motifs is 1. The topological polar surface area (TPSA) is 118 Å². The molecule has 0 spiro atoms. The van der Waals surface area contributed by atoms with Gasteiger partial charge in [-0.05, 0) is 68.4 Å². The minimum absolute atomic E-state index is 0.0485. The number of carbonyl (C=O) groups excluding carboxylic acids is 1. The minimum Gasteiger partial charge on any atom is -0.356 e. The van der Waals surface area contributed by atoms with Crippen LogP contribution in [-0.4, -0.2) is 47.0 Å². The summed E-state index contributed by atoms with van der Waals surface area (Å²) < 4.78 is 29.8. The van der Waals surface area contributed by atoms with Gasteiger partial charge in [0.2, 0.25) is 15.9 Å². The summed E-state index contributed by atoms with van der Waals surface area (Å²) in [5, 5.41) is 6.87. The van der Waals surface area contributed by atoms with Gasteiger partial charge in [0.1, 0.15) is 6.33 Å². The van der Waals surface area contributed by atoms with Crippen molar-refractivity contribution in [1.29, 1.82) is 0 Å². The van der Waals surface area contributed by atoms with E-state index >= 15 is 0 Å². The minimum atomic E-state index is -3.69. The lowest BCUT2D eigenvalue weighted by molar-refractivity contribution is -0.120. The Balaban J connectivity index is 1.44. The van der Waals surface area contributed by atoms with Crippen molar-refractivity contribution in [2.24, 2.45) is 0 Å². The quantitative estimate of drug-likeness (QED) is 0.486. The van der Waals surface area contributed by atoms with Crippen LogP contribution >= 0.6 is 0 Å². The van der Waals surface area contributed by atoms with Gasteiger partial charge in [-0.15, -0.1) is 0 Å². The zero-order valence-electron chi connectivity index (χ0n) is 18.3. The van der Waals surface area contributed by atoms with Crippen molar-refractivity contribution in [2.75, 3.05) is 13.1 Å². The highest BCUT2D eigenvalue weighted by atomic mass is 32.2. The summed E-state index contributed by atoms with van der Waals surface area (Å²) in [5.41, 5.74) is 4.33. The number of benzene rings is 1. The van der Waals surface area contributed by atoms with Crippen LogP contribution in [0.4, 0.5) is 0 Å². The third-order valence-corrected chi connectivity index (χ3v) is 7.10. The first-order valence-electron chi connectivity index (χ1n) is 10.2. The van der Waals surface area contributed by atoms with Gasteiger partial charge in [0.05, 0.1) is 4.90 Å². The fraction of sp³-hybridized carbons (Fsp3) is 0.429. The van der Waals surface area contributed by atoms with Crippen LogP contribution in [0.5, 0.6) is 0 Å². The molecule has 0 atom stereocenters. The van der Waals surface area contributed by atoms with Gasteiger partial charge < -0.3 is 5.32 Å². The third kappa shape index (κ3) is 5.45. The van der Waals surface area contributed by atoms with Crippen LogP contribution < -0.4 is 10.0 Å². The van der Waals surface area contributed by atoms with Gasteiger partial charge in [-0.2, -0.15) is 10.1 Å². The van der Waals surface area contributed by atoms with Gasteiger partial charge in [0.15, 0.2) is 0 Å². The van der Waals surface area contributed by atoms with E-state index in [0.717, 1.165) is 40.7 Å². The van der Waals surface area contributed by atoms with Gasteiger partial charge in [-0.3, -0.25) is 4.79 Å². The Morgan fingerprint density at radius 3 is 2.48 bits per heavy atom. The average molecular weight is 445 g/mol. The number of hydrogen-bond donors (Lipinski definition) is 2. The zero-order chi connectivity index (χ0) is 22.6. The molecule has 0 saturated carbocycles. The molecule has 1 amide bonds. The van der Waals surface area contributed by atoms with Crippen LogP contribution in [0, 0.1) is 27.7 Å². The molecule has 2 aromatic heterocycles. The van der Waals surface area contributed by atoms with E-state index in [4.69, 9.17) is 0 Å². The molecule has 3 aromatic rings. The summed E-state index contributed by atoms with van der Waals surface area (Å²) in [6, 6.07) is 1.98. The molecule has 0 aliphatic rings. The predicted octanol–water partition coefficient (Wildman–Crippen LogP) is 1.78. The highest BCUT2D eigenvalue weighted by Gasteiger charge is 2.21. The van der Waals surface area contributed by atoms with E-state index in [-0.39, 0.29) is 18.9 Å². The number of aryl methyl sites for hydroxylation is 3. The van der Waals surface area contributed by atoms with E-state index in [9.17, 15) is 13.2 Å². The summed E-state index contributed by atoms with van der Waals surface area (Å²) >= 11 is 0. The molecular formula is C21H28N6O3S. The van der Waals surface area contributed by atoms with E-state index in [0.29, 0.717) is 17.2 Å². The second kappa shape index (κ2) is 9.52. The molecule has 2 N–H and O–H groups in total.